The molecule has 0 heterocycles. The van der Waals surface area contributed by atoms with Crippen LogP contribution in [0.4, 0.5) is 0 Å². The maximum atomic E-state index is 8.12. The number of hydrogen-bond acceptors (Lipinski definition) is 2. The van der Waals surface area contributed by atoms with Crippen LogP contribution in [0.2, 0.25) is 0 Å². The van der Waals surface area contributed by atoms with E-state index >= 15 is 0 Å². The van der Waals surface area contributed by atoms with Crippen LogP contribution >= 0.6 is 22.6 Å². The largest absolute Gasteiger partial charge is 0.381 e. The minimum atomic E-state index is -0.588. The number of hydrogen-bond donors (Lipinski definition) is 2. The third-order valence-corrected chi connectivity index (χ3v) is 2.55. The first-order chi connectivity index (χ1) is 7.04. The molecule has 1 fully saturated rings. The Bertz CT molecular complexity index is 264. The van der Waals surface area contributed by atoms with Crippen LogP contribution in [-0.2, 0) is 0 Å². The topological polar surface area (TPSA) is 46.2 Å². The zero-order valence-corrected chi connectivity index (χ0v) is 11.3. The van der Waals surface area contributed by atoms with Gasteiger partial charge in [-0.1, -0.05) is 31.1 Å². The van der Waals surface area contributed by atoms with Crippen LogP contribution in [-0.4, -0.2) is 16.7 Å². The first kappa shape index (κ1) is 14.8. The summed E-state index contributed by atoms with van der Waals surface area (Å²) in [5, 5.41) is 8.12. The summed E-state index contributed by atoms with van der Waals surface area (Å²) < 4.78 is 2.87. The van der Waals surface area contributed by atoms with E-state index in [1.165, 1.54) is 19.3 Å². The Kier molecular flexibility index (Phi) is 7.86. The van der Waals surface area contributed by atoms with E-state index in [2.05, 4.69) is 44.8 Å². The molecule has 1 saturated carbocycles. The summed E-state index contributed by atoms with van der Waals surface area (Å²) in [6.07, 6.45) is 10.1. The molecule has 0 aromatic rings. The number of nitrogens with two attached hydrogens (primary N) is 1. The van der Waals surface area contributed by atoms with E-state index in [-0.39, 0.29) is 5.54 Å². The smallest absolute Gasteiger partial charge is 0.111 e. The van der Waals surface area contributed by atoms with Gasteiger partial charge in [0.1, 0.15) is 6.10 Å². The minimum absolute atomic E-state index is 0.139. The molecular weight excluding hydrogens is 301 g/mol. The van der Waals surface area contributed by atoms with Crippen LogP contribution in [0.3, 0.4) is 0 Å². The first-order valence-electron chi connectivity index (χ1n) is 5.10. The fraction of sp³-hybridized carbons (Fsp3) is 0.667. The highest BCUT2D eigenvalue weighted by Crippen LogP contribution is 2.24. The lowest BCUT2D eigenvalue weighted by molar-refractivity contribution is 0.253. The van der Waals surface area contributed by atoms with Crippen molar-refractivity contribution in [3.05, 3.63) is 0 Å². The van der Waals surface area contributed by atoms with E-state index in [1.54, 1.807) is 6.92 Å². The molecule has 1 aliphatic carbocycles. The van der Waals surface area contributed by atoms with Gasteiger partial charge in [-0.25, -0.2) is 0 Å². The normalized spacial score (nSPS) is 19.7. The number of aliphatic hydroxyl groups is 1. The van der Waals surface area contributed by atoms with Crippen LogP contribution in [0.1, 0.15) is 39.0 Å². The Balaban J connectivity index is 0.000000336. The predicted molar refractivity (Wildman–Crippen MR) is 72.3 cm³/mol. The zero-order chi connectivity index (χ0) is 11.7. The lowest BCUT2D eigenvalue weighted by atomic mass is 9.83. The van der Waals surface area contributed by atoms with Crippen LogP contribution in [0.15, 0.2) is 0 Å². The van der Waals surface area contributed by atoms with Gasteiger partial charge in [-0.2, -0.15) is 0 Å². The second kappa shape index (κ2) is 7.98. The molecule has 0 aromatic carbocycles. The lowest BCUT2D eigenvalue weighted by Crippen LogP contribution is -2.39. The molecular formula is C12H18INO. The van der Waals surface area contributed by atoms with Crippen LogP contribution in [0, 0.1) is 22.2 Å². The second-order valence-electron chi connectivity index (χ2n) is 3.78. The van der Waals surface area contributed by atoms with Crippen molar-refractivity contribution >= 4 is 22.6 Å². The summed E-state index contributed by atoms with van der Waals surface area (Å²) >= 11 is 2.06. The summed E-state index contributed by atoms with van der Waals surface area (Å²) in [7, 11) is 0. The van der Waals surface area contributed by atoms with E-state index in [9.17, 15) is 0 Å². The zero-order valence-electron chi connectivity index (χ0n) is 9.09. The van der Waals surface area contributed by atoms with Gasteiger partial charge in [0, 0.05) is 22.6 Å². The summed E-state index contributed by atoms with van der Waals surface area (Å²) in [6, 6.07) is 0. The van der Waals surface area contributed by atoms with E-state index < -0.39 is 6.10 Å². The maximum absolute atomic E-state index is 8.12. The van der Waals surface area contributed by atoms with Crippen molar-refractivity contribution in [2.24, 2.45) is 5.73 Å². The molecule has 0 saturated heterocycles. The molecule has 0 amide bonds. The van der Waals surface area contributed by atoms with Gasteiger partial charge < -0.3 is 10.8 Å². The Morgan fingerprint density at radius 3 is 2.20 bits per heavy atom. The van der Waals surface area contributed by atoms with Crippen molar-refractivity contribution in [1.29, 1.82) is 0 Å². The number of rotatable bonds is 0. The second-order valence-corrected chi connectivity index (χ2v) is 4.32. The summed E-state index contributed by atoms with van der Waals surface area (Å²) in [6.45, 7) is 1.54. The van der Waals surface area contributed by atoms with Crippen molar-refractivity contribution in [3.63, 3.8) is 0 Å². The fourth-order valence-corrected chi connectivity index (χ4v) is 1.94. The predicted octanol–water partition coefficient (Wildman–Crippen LogP) is 2.04. The van der Waals surface area contributed by atoms with Gasteiger partial charge in [0.25, 0.3) is 0 Å². The third-order valence-electron chi connectivity index (χ3n) is 2.28. The average Bonchev–Trinajstić information content (AvgIpc) is 2.19. The third kappa shape index (κ3) is 7.67. The van der Waals surface area contributed by atoms with E-state index in [0.717, 1.165) is 12.8 Å². The molecule has 2 nitrogen and oxygen atoms in total. The van der Waals surface area contributed by atoms with E-state index in [4.69, 9.17) is 10.8 Å². The molecule has 0 bridgehead atoms. The van der Waals surface area contributed by atoms with Gasteiger partial charge in [0.05, 0.1) is 5.54 Å². The summed E-state index contributed by atoms with van der Waals surface area (Å²) in [5.41, 5.74) is 5.85. The van der Waals surface area contributed by atoms with Crippen LogP contribution < -0.4 is 5.73 Å². The number of halogens is 1. The molecule has 0 spiro atoms. The fourth-order valence-electron chi connectivity index (χ4n) is 1.40. The Morgan fingerprint density at radius 1 is 1.40 bits per heavy atom. The van der Waals surface area contributed by atoms with E-state index in [1.807, 2.05) is 0 Å². The molecule has 84 valence electrons. The van der Waals surface area contributed by atoms with Gasteiger partial charge in [-0.05, 0) is 23.7 Å². The van der Waals surface area contributed by atoms with Crippen molar-refractivity contribution in [1.82, 2.24) is 0 Å². The molecule has 1 atom stereocenters. The molecule has 1 rings (SSSR count). The average molecular weight is 319 g/mol. The standard InChI is InChI=1S/C8H12IN.C4H6O/c9-7-6-8(10)4-2-1-3-5-8;1-3-4(2)5/h1-5,10H2;1,4-5H,2H3. The molecule has 1 aliphatic rings. The van der Waals surface area contributed by atoms with Crippen molar-refractivity contribution < 1.29 is 5.11 Å². The van der Waals surface area contributed by atoms with Gasteiger partial charge in [-0.3, -0.25) is 0 Å². The number of aliphatic hydroxyl groups excluding tert-OH is 1. The lowest BCUT2D eigenvalue weighted by Gasteiger charge is -2.27. The van der Waals surface area contributed by atoms with Gasteiger partial charge in [-0.15, -0.1) is 6.42 Å². The summed E-state index contributed by atoms with van der Waals surface area (Å²) in [5.74, 6) is 5.16. The highest BCUT2D eigenvalue weighted by Gasteiger charge is 2.24. The van der Waals surface area contributed by atoms with E-state index in [0.29, 0.717) is 0 Å². The molecule has 0 aromatic heterocycles. The maximum Gasteiger partial charge on any atom is 0.111 e. The monoisotopic (exact) mass is 319 g/mol. The highest BCUT2D eigenvalue weighted by atomic mass is 127. The highest BCUT2D eigenvalue weighted by molar-refractivity contribution is 14.1. The van der Waals surface area contributed by atoms with Crippen molar-refractivity contribution in [2.75, 3.05) is 0 Å². The van der Waals surface area contributed by atoms with Crippen LogP contribution in [0.5, 0.6) is 0 Å². The molecule has 1 unspecified atom stereocenters. The Morgan fingerprint density at radius 2 is 1.87 bits per heavy atom. The molecule has 3 N–H and O–H groups in total. The van der Waals surface area contributed by atoms with Crippen molar-refractivity contribution in [3.8, 4) is 22.2 Å². The molecule has 0 radical (unpaired) electrons. The Labute approximate surface area is 106 Å². The van der Waals surface area contributed by atoms with Gasteiger partial charge in [0.15, 0.2) is 0 Å². The SMILES string of the molecule is C#CC(C)O.NC1(C#CI)CCCCC1. The van der Waals surface area contributed by atoms with Gasteiger partial charge >= 0.3 is 0 Å². The molecule has 3 heteroatoms. The molecule has 15 heavy (non-hydrogen) atoms. The Hall–Kier alpha value is -0.230. The minimum Gasteiger partial charge on any atom is -0.381 e. The quantitative estimate of drug-likeness (QED) is 0.530. The van der Waals surface area contributed by atoms with Crippen LogP contribution in [0.25, 0.3) is 0 Å². The molecule has 0 aliphatic heterocycles. The van der Waals surface area contributed by atoms with Crippen molar-refractivity contribution in [2.45, 2.75) is 50.7 Å². The first-order valence-corrected chi connectivity index (χ1v) is 6.18. The number of terminal acetylenes is 1. The van der Waals surface area contributed by atoms with Gasteiger partial charge in [0.2, 0.25) is 0 Å². The summed E-state index contributed by atoms with van der Waals surface area (Å²) in [4.78, 5) is 0.